The summed E-state index contributed by atoms with van der Waals surface area (Å²) in [6, 6.07) is 10.3. The molecule has 2 rings (SSSR count). The van der Waals surface area contributed by atoms with E-state index in [9.17, 15) is 5.11 Å². The van der Waals surface area contributed by atoms with Crippen LogP contribution >= 0.6 is 0 Å². The summed E-state index contributed by atoms with van der Waals surface area (Å²) in [4.78, 5) is 2.32. The third-order valence-electron chi connectivity index (χ3n) is 3.68. The van der Waals surface area contributed by atoms with Gasteiger partial charge in [0.25, 0.3) is 0 Å². The average Bonchev–Trinajstić information content (AvgIpc) is 2.45. The molecule has 0 spiro atoms. The fourth-order valence-electron chi connectivity index (χ4n) is 2.72. The van der Waals surface area contributed by atoms with Crippen LogP contribution < -0.4 is 0 Å². The average molecular weight is 289 g/mol. The molecule has 0 aromatic heterocycles. The summed E-state index contributed by atoms with van der Waals surface area (Å²) in [5, 5.41) is 9.84. The summed E-state index contributed by atoms with van der Waals surface area (Å²) in [6.07, 6.45) is 6.63. The number of benzene rings is 1. The summed E-state index contributed by atoms with van der Waals surface area (Å²) in [6.45, 7) is 7.17. The molecule has 0 atom stereocenters. The first kappa shape index (κ1) is 16.2. The summed E-state index contributed by atoms with van der Waals surface area (Å²) in [5.41, 5.74) is 0.604. The van der Waals surface area contributed by atoms with Crippen LogP contribution in [0.2, 0.25) is 0 Å². The molecule has 0 aliphatic carbocycles. The summed E-state index contributed by atoms with van der Waals surface area (Å²) in [5.74, 6) is 0. The molecular formula is C18H27NO2. The van der Waals surface area contributed by atoms with E-state index in [2.05, 4.69) is 29.2 Å². The Morgan fingerprint density at radius 3 is 2.52 bits per heavy atom. The van der Waals surface area contributed by atoms with Gasteiger partial charge in [-0.1, -0.05) is 42.5 Å². The van der Waals surface area contributed by atoms with Crippen LogP contribution in [0.25, 0.3) is 6.08 Å². The molecule has 0 amide bonds. The minimum absolute atomic E-state index is 0.350. The van der Waals surface area contributed by atoms with Crippen molar-refractivity contribution < 1.29 is 9.84 Å². The number of nitrogens with zero attached hydrogens (tertiary/aromatic N) is 1. The Bertz CT molecular complexity index is 428. The lowest BCUT2D eigenvalue weighted by Crippen LogP contribution is -2.44. The number of rotatable bonds is 6. The standard InChI is InChI=1S/C18H27NO2/c1-18(2,20)15-19-12-10-17(11-13-19)21-14-6-9-16-7-4-3-5-8-16/h3-9,17,20H,10-15H2,1-2H3. The van der Waals surface area contributed by atoms with E-state index in [4.69, 9.17) is 4.74 Å². The molecular weight excluding hydrogens is 262 g/mol. The van der Waals surface area contributed by atoms with E-state index < -0.39 is 5.60 Å². The zero-order chi connectivity index (χ0) is 15.1. The molecule has 0 bridgehead atoms. The van der Waals surface area contributed by atoms with Crippen LogP contribution in [-0.4, -0.2) is 48.0 Å². The monoisotopic (exact) mass is 289 g/mol. The van der Waals surface area contributed by atoms with Crippen LogP contribution in [-0.2, 0) is 4.74 Å². The van der Waals surface area contributed by atoms with Crippen molar-refractivity contribution in [3.8, 4) is 0 Å². The minimum Gasteiger partial charge on any atom is -0.389 e. The molecule has 1 aromatic carbocycles. The van der Waals surface area contributed by atoms with Crippen LogP contribution in [0.4, 0.5) is 0 Å². The predicted molar refractivity (Wildman–Crippen MR) is 87.2 cm³/mol. The van der Waals surface area contributed by atoms with Crippen LogP contribution in [0.5, 0.6) is 0 Å². The first-order valence-electron chi connectivity index (χ1n) is 7.81. The maximum atomic E-state index is 9.84. The van der Waals surface area contributed by atoms with Crippen LogP contribution in [0.15, 0.2) is 36.4 Å². The first-order valence-corrected chi connectivity index (χ1v) is 7.81. The van der Waals surface area contributed by atoms with Gasteiger partial charge in [0.15, 0.2) is 0 Å². The van der Waals surface area contributed by atoms with E-state index in [1.54, 1.807) is 0 Å². The Labute approximate surface area is 128 Å². The molecule has 116 valence electrons. The number of aliphatic hydroxyl groups is 1. The molecule has 1 aliphatic heterocycles. The van der Waals surface area contributed by atoms with Crippen molar-refractivity contribution in [1.29, 1.82) is 0 Å². The lowest BCUT2D eigenvalue weighted by atomic mass is 10.0. The third kappa shape index (κ3) is 6.42. The van der Waals surface area contributed by atoms with Gasteiger partial charge in [0.1, 0.15) is 0 Å². The van der Waals surface area contributed by atoms with Crippen molar-refractivity contribution in [2.24, 2.45) is 0 Å². The third-order valence-corrected chi connectivity index (χ3v) is 3.68. The van der Waals surface area contributed by atoms with Crippen molar-refractivity contribution in [1.82, 2.24) is 4.90 Å². The second kappa shape index (κ2) is 7.74. The van der Waals surface area contributed by atoms with Crippen molar-refractivity contribution in [2.45, 2.75) is 38.4 Å². The molecule has 1 aliphatic rings. The number of β-amino-alcohol motifs (C(OH)–C–C–N with tert-alkyl or cyclic N) is 1. The van der Waals surface area contributed by atoms with Crippen molar-refractivity contribution in [2.75, 3.05) is 26.2 Å². The number of hydrogen-bond acceptors (Lipinski definition) is 3. The smallest absolute Gasteiger partial charge is 0.0718 e. The van der Waals surface area contributed by atoms with Crippen molar-refractivity contribution in [3.05, 3.63) is 42.0 Å². The Balaban J connectivity index is 1.64. The molecule has 0 saturated carbocycles. The van der Waals surface area contributed by atoms with Crippen LogP contribution in [0.1, 0.15) is 32.3 Å². The summed E-state index contributed by atoms with van der Waals surface area (Å²) in [7, 11) is 0. The van der Waals surface area contributed by atoms with Gasteiger partial charge >= 0.3 is 0 Å². The SMILES string of the molecule is CC(C)(O)CN1CCC(OCC=Cc2ccccc2)CC1. The Hall–Kier alpha value is -1.16. The van der Waals surface area contributed by atoms with E-state index in [0.717, 1.165) is 32.5 Å². The summed E-state index contributed by atoms with van der Waals surface area (Å²) >= 11 is 0. The van der Waals surface area contributed by atoms with Crippen molar-refractivity contribution >= 4 is 6.08 Å². The number of piperidine rings is 1. The van der Waals surface area contributed by atoms with Gasteiger partial charge in [0.2, 0.25) is 0 Å². The first-order chi connectivity index (χ1) is 10.0. The molecule has 0 unspecified atom stereocenters. The second-order valence-electron chi connectivity index (χ2n) is 6.43. The molecule has 21 heavy (non-hydrogen) atoms. The molecule has 1 heterocycles. The number of likely N-dealkylation sites (tertiary alicyclic amines) is 1. The van der Waals surface area contributed by atoms with Gasteiger partial charge in [0, 0.05) is 19.6 Å². The maximum absolute atomic E-state index is 9.84. The van der Waals surface area contributed by atoms with Gasteiger partial charge in [-0.15, -0.1) is 0 Å². The molecule has 3 heteroatoms. The highest BCUT2D eigenvalue weighted by atomic mass is 16.5. The van der Waals surface area contributed by atoms with E-state index in [0.29, 0.717) is 12.7 Å². The van der Waals surface area contributed by atoms with Gasteiger partial charge in [-0.3, -0.25) is 0 Å². The molecule has 1 saturated heterocycles. The highest BCUT2D eigenvalue weighted by molar-refractivity contribution is 5.48. The fourth-order valence-corrected chi connectivity index (χ4v) is 2.72. The maximum Gasteiger partial charge on any atom is 0.0718 e. The Morgan fingerprint density at radius 2 is 1.90 bits per heavy atom. The zero-order valence-electron chi connectivity index (χ0n) is 13.2. The molecule has 1 N–H and O–H groups in total. The van der Waals surface area contributed by atoms with Gasteiger partial charge in [-0.05, 0) is 32.3 Å². The quantitative estimate of drug-likeness (QED) is 0.874. The normalized spacial score (nSPS) is 18.4. The predicted octanol–water partition coefficient (Wildman–Crippen LogP) is 2.95. The minimum atomic E-state index is -0.605. The lowest BCUT2D eigenvalue weighted by molar-refractivity contribution is -0.0105. The molecule has 3 nitrogen and oxygen atoms in total. The van der Waals surface area contributed by atoms with E-state index >= 15 is 0 Å². The lowest BCUT2D eigenvalue weighted by Gasteiger charge is -2.35. The number of ether oxygens (including phenoxy) is 1. The molecule has 1 fully saturated rings. The zero-order valence-corrected chi connectivity index (χ0v) is 13.2. The van der Waals surface area contributed by atoms with E-state index in [-0.39, 0.29) is 0 Å². The van der Waals surface area contributed by atoms with E-state index in [1.807, 2.05) is 32.0 Å². The highest BCUT2D eigenvalue weighted by Gasteiger charge is 2.23. The second-order valence-corrected chi connectivity index (χ2v) is 6.43. The molecule has 0 radical (unpaired) electrons. The molecule has 1 aromatic rings. The van der Waals surface area contributed by atoms with Gasteiger partial charge in [0.05, 0.1) is 18.3 Å². The Kier molecular flexibility index (Phi) is 5.97. The fraction of sp³-hybridized carbons (Fsp3) is 0.556. The van der Waals surface area contributed by atoms with Crippen molar-refractivity contribution in [3.63, 3.8) is 0 Å². The highest BCUT2D eigenvalue weighted by Crippen LogP contribution is 2.16. The van der Waals surface area contributed by atoms with Gasteiger partial charge in [-0.25, -0.2) is 0 Å². The number of hydrogen-bond donors (Lipinski definition) is 1. The topological polar surface area (TPSA) is 32.7 Å². The summed E-state index contributed by atoms with van der Waals surface area (Å²) < 4.78 is 5.91. The largest absolute Gasteiger partial charge is 0.389 e. The van der Waals surface area contributed by atoms with Crippen LogP contribution in [0.3, 0.4) is 0 Å². The van der Waals surface area contributed by atoms with Gasteiger partial charge in [-0.2, -0.15) is 0 Å². The van der Waals surface area contributed by atoms with Gasteiger partial charge < -0.3 is 14.7 Å². The van der Waals surface area contributed by atoms with E-state index in [1.165, 1.54) is 5.56 Å². The Morgan fingerprint density at radius 1 is 1.24 bits per heavy atom. The van der Waals surface area contributed by atoms with Crippen LogP contribution in [0, 0.1) is 0 Å².